The lowest BCUT2D eigenvalue weighted by atomic mass is 9.62. The Morgan fingerprint density at radius 1 is 1.05 bits per heavy atom. The number of hydrogen-bond donors (Lipinski definition) is 2. The minimum atomic E-state index is -0.839. The van der Waals surface area contributed by atoms with Crippen LogP contribution in [0.2, 0.25) is 0 Å². The van der Waals surface area contributed by atoms with Crippen LogP contribution in [0.1, 0.15) is 12.0 Å². The SMILES string of the molecule is Cc1ccc(NC(=O)[C@@H]2[C@H]3C=C[C@@H]([C@@H]4C[C@H]34)[C@H]2C(=O)O)cc1. The normalized spacial score (nSPS) is 37.5. The maximum Gasteiger partial charge on any atom is 0.307 e. The highest BCUT2D eigenvalue weighted by molar-refractivity contribution is 5.96. The largest absolute Gasteiger partial charge is 0.481 e. The van der Waals surface area contributed by atoms with E-state index in [1.54, 1.807) is 0 Å². The predicted octanol–water partition coefficient (Wildman–Crippen LogP) is 2.70. The molecule has 4 aliphatic carbocycles. The van der Waals surface area contributed by atoms with Crippen molar-refractivity contribution in [1.29, 1.82) is 0 Å². The van der Waals surface area contributed by atoms with Gasteiger partial charge in [0.2, 0.25) is 5.91 Å². The Balaban J connectivity index is 1.60. The molecule has 2 fully saturated rings. The molecule has 4 nitrogen and oxygen atoms in total. The number of carboxylic acids is 1. The molecule has 2 saturated carbocycles. The van der Waals surface area contributed by atoms with Crippen molar-refractivity contribution in [2.24, 2.45) is 35.5 Å². The minimum absolute atomic E-state index is 0.0290. The van der Waals surface area contributed by atoms with Gasteiger partial charge in [-0.15, -0.1) is 0 Å². The number of anilines is 1. The van der Waals surface area contributed by atoms with Crippen molar-refractivity contribution in [3.05, 3.63) is 42.0 Å². The number of carbonyl (C=O) groups is 2. The summed E-state index contributed by atoms with van der Waals surface area (Å²) in [5, 5.41) is 12.5. The van der Waals surface area contributed by atoms with Crippen LogP contribution in [-0.2, 0) is 9.59 Å². The number of allylic oxidation sites excluding steroid dienone is 2. The minimum Gasteiger partial charge on any atom is -0.481 e. The number of hydrogen-bond acceptors (Lipinski definition) is 2. The summed E-state index contributed by atoms with van der Waals surface area (Å²) in [5.41, 5.74) is 1.86. The summed E-state index contributed by atoms with van der Waals surface area (Å²) >= 11 is 0. The zero-order chi connectivity index (χ0) is 15.4. The van der Waals surface area contributed by atoms with E-state index in [1.165, 1.54) is 0 Å². The molecule has 0 aromatic heterocycles. The van der Waals surface area contributed by atoms with E-state index in [4.69, 9.17) is 0 Å². The van der Waals surface area contributed by atoms with Crippen molar-refractivity contribution in [2.75, 3.05) is 5.32 Å². The van der Waals surface area contributed by atoms with E-state index in [9.17, 15) is 14.7 Å². The monoisotopic (exact) mass is 297 g/mol. The molecule has 1 aromatic carbocycles. The number of aliphatic carboxylic acids is 1. The quantitative estimate of drug-likeness (QED) is 0.843. The molecule has 6 atom stereocenters. The summed E-state index contributed by atoms with van der Waals surface area (Å²) < 4.78 is 0. The molecule has 1 aromatic rings. The van der Waals surface area contributed by atoms with Crippen molar-refractivity contribution >= 4 is 17.6 Å². The first-order valence-electron chi connectivity index (χ1n) is 7.85. The van der Waals surface area contributed by atoms with Gasteiger partial charge in [0.15, 0.2) is 0 Å². The van der Waals surface area contributed by atoms with E-state index in [2.05, 4.69) is 11.4 Å². The maximum absolute atomic E-state index is 12.7. The van der Waals surface area contributed by atoms with Crippen LogP contribution in [0.5, 0.6) is 0 Å². The molecule has 0 unspecified atom stereocenters. The Labute approximate surface area is 129 Å². The van der Waals surface area contributed by atoms with Gasteiger partial charge in [0.05, 0.1) is 11.8 Å². The van der Waals surface area contributed by atoms with Crippen molar-refractivity contribution in [2.45, 2.75) is 13.3 Å². The highest BCUT2D eigenvalue weighted by Gasteiger charge is 2.62. The molecule has 114 valence electrons. The van der Waals surface area contributed by atoms with Crippen LogP contribution >= 0.6 is 0 Å². The smallest absolute Gasteiger partial charge is 0.307 e. The van der Waals surface area contributed by atoms with Crippen LogP contribution in [0, 0.1) is 42.4 Å². The first kappa shape index (κ1) is 13.6. The van der Waals surface area contributed by atoms with Gasteiger partial charge in [0.25, 0.3) is 0 Å². The number of carbonyl (C=O) groups excluding carboxylic acids is 1. The summed E-state index contributed by atoms with van der Waals surface area (Å²) in [6, 6.07) is 7.60. The van der Waals surface area contributed by atoms with Crippen LogP contribution in [0.25, 0.3) is 0 Å². The molecule has 1 amide bonds. The number of amides is 1. The van der Waals surface area contributed by atoms with Crippen molar-refractivity contribution in [3.63, 3.8) is 0 Å². The molecule has 4 heteroatoms. The second-order valence-electron chi connectivity index (χ2n) is 6.85. The van der Waals surface area contributed by atoms with Gasteiger partial charge in [-0.3, -0.25) is 9.59 Å². The fraction of sp³-hybridized carbons (Fsp3) is 0.444. The first-order chi connectivity index (χ1) is 10.6. The second-order valence-corrected chi connectivity index (χ2v) is 6.85. The number of rotatable bonds is 3. The van der Waals surface area contributed by atoms with Gasteiger partial charge in [0.1, 0.15) is 0 Å². The Bertz CT molecular complexity index is 663. The van der Waals surface area contributed by atoms with Gasteiger partial charge >= 0.3 is 5.97 Å². The zero-order valence-electron chi connectivity index (χ0n) is 12.4. The molecule has 0 radical (unpaired) electrons. The van der Waals surface area contributed by atoms with Crippen LogP contribution in [-0.4, -0.2) is 17.0 Å². The average molecular weight is 297 g/mol. The summed E-state index contributed by atoms with van der Waals surface area (Å²) in [6.45, 7) is 1.99. The summed E-state index contributed by atoms with van der Waals surface area (Å²) in [6.07, 6.45) is 5.19. The predicted molar refractivity (Wildman–Crippen MR) is 82.1 cm³/mol. The lowest BCUT2D eigenvalue weighted by molar-refractivity contribution is -0.152. The zero-order valence-corrected chi connectivity index (χ0v) is 12.4. The summed E-state index contributed by atoms with van der Waals surface area (Å²) in [4.78, 5) is 24.4. The highest BCUT2D eigenvalue weighted by Crippen LogP contribution is 2.63. The fourth-order valence-corrected chi connectivity index (χ4v) is 4.43. The third kappa shape index (κ3) is 1.97. The first-order valence-corrected chi connectivity index (χ1v) is 7.85. The molecular weight excluding hydrogens is 278 g/mol. The number of fused-ring (bicyclic) bond motifs is 1. The lowest BCUT2D eigenvalue weighted by Gasteiger charge is -2.41. The topological polar surface area (TPSA) is 66.4 Å². The molecule has 2 bridgehead atoms. The molecule has 2 N–H and O–H groups in total. The van der Waals surface area contributed by atoms with E-state index in [0.29, 0.717) is 11.8 Å². The highest BCUT2D eigenvalue weighted by atomic mass is 16.4. The van der Waals surface area contributed by atoms with Crippen LogP contribution in [0.4, 0.5) is 5.69 Å². The third-order valence-electron chi connectivity index (χ3n) is 5.56. The number of aryl methyl sites for hydroxylation is 1. The average Bonchev–Trinajstić information content (AvgIpc) is 3.30. The fourth-order valence-electron chi connectivity index (χ4n) is 4.43. The van der Waals surface area contributed by atoms with Gasteiger partial charge in [0, 0.05) is 5.69 Å². The van der Waals surface area contributed by atoms with Crippen molar-refractivity contribution < 1.29 is 14.7 Å². The van der Waals surface area contributed by atoms with Gasteiger partial charge in [-0.2, -0.15) is 0 Å². The summed E-state index contributed by atoms with van der Waals surface area (Å²) in [7, 11) is 0. The maximum atomic E-state index is 12.7. The second kappa shape index (κ2) is 4.70. The Morgan fingerprint density at radius 3 is 2.23 bits per heavy atom. The van der Waals surface area contributed by atoms with Gasteiger partial charge < -0.3 is 10.4 Å². The lowest BCUT2D eigenvalue weighted by Crippen LogP contribution is -2.48. The molecule has 0 heterocycles. The Morgan fingerprint density at radius 2 is 1.64 bits per heavy atom. The van der Waals surface area contributed by atoms with Gasteiger partial charge in [-0.05, 0) is 49.1 Å². The molecule has 4 aliphatic rings. The Kier molecular flexibility index (Phi) is 2.90. The number of nitrogens with one attached hydrogen (secondary N) is 1. The van der Waals surface area contributed by atoms with E-state index in [1.807, 2.05) is 37.3 Å². The molecule has 0 aliphatic heterocycles. The number of benzene rings is 1. The molecule has 0 saturated heterocycles. The van der Waals surface area contributed by atoms with E-state index in [-0.39, 0.29) is 17.7 Å². The van der Waals surface area contributed by atoms with E-state index >= 15 is 0 Å². The van der Waals surface area contributed by atoms with Crippen LogP contribution in [0.15, 0.2) is 36.4 Å². The van der Waals surface area contributed by atoms with Crippen molar-refractivity contribution in [1.82, 2.24) is 0 Å². The third-order valence-corrected chi connectivity index (χ3v) is 5.56. The molecule has 5 rings (SSSR count). The van der Waals surface area contributed by atoms with Gasteiger partial charge in [-0.1, -0.05) is 29.8 Å². The molecule has 0 spiro atoms. The van der Waals surface area contributed by atoms with E-state index in [0.717, 1.165) is 17.7 Å². The number of carboxylic acid groups (broad SMARTS) is 1. The van der Waals surface area contributed by atoms with E-state index < -0.39 is 17.8 Å². The Hall–Kier alpha value is -2.10. The van der Waals surface area contributed by atoms with Crippen LogP contribution in [0.3, 0.4) is 0 Å². The van der Waals surface area contributed by atoms with Crippen molar-refractivity contribution in [3.8, 4) is 0 Å². The molecule has 22 heavy (non-hydrogen) atoms. The van der Waals surface area contributed by atoms with Crippen LogP contribution < -0.4 is 5.32 Å². The molecular formula is C18H19NO3. The standard InChI is InChI=1S/C18H19NO3/c1-9-2-4-10(5-3-9)19-17(20)15-11-6-7-12(14-8-13(11)14)16(15)18(21)22/h2-7,11-16H,8H2,1H3,(H,19,20)(H,21,22)/t11-,12-,13+,14-,15+,16+/m0/s1. The summed E-state index contributed by atoms with van der Waals surface area (Å²) in [5.74, 6) is -0.904. The van der Waals surface area contributed by atoms with Gasteiger partial charge in [-0.25, -0.2) is 0 Å².